The fourth-order valence-electron chi connectivity index (χ4n) is 3.53. The second kappa shape index (κ2) is 4.67. The van der Waals surface area contributed by atoms with Gasteiger partial charge in [0.2, 0.25) is 0 Å². The number of piperidine rings is 1. The first-order valence-corrected chi connectivity index (χ1v) is 6.95. The van der Waals surface area contributed by atoms with Crippen LogP contribution in [0, 0.1) is 18.7 Å². The van der Waals surface area contributed by atoms with E-state index in [9.17, 15) is 9.18 Å². The third-order valence-electron chi connectivity index (χ3n) is 4.69. The molecule has 2 atom stereocenters. The summed E-state index contributed by atoms with van der Waals surface area (Å²) < 4.78 is 13.8. The lowest BCUT2D eigenvalue weighted by Gasteiger charge is -2.35. The van der Waals surface area contributed by atoms with Gasteiger partial charge in [-0.3, -0.25) is 4.79 Å². The summed E-state index contributed by atoms with van der Waals surface area (Å²) in [6, 6.07) is 3.92. The zero-order valence-electron chi connectivity index (χ0n) is 11.4. The molecule has 2 unspecified atom stereocenters. The van der Waals surface area contributed by atoms with Crippen LogP contribution >= 0.6 is 0 Å². The van der Waals surface area contributed by atoms with E-state index >= 15 is 0 Å². The third kappa shape index (κ3) is 2.18. The van der Waals surface area contributed by atoms with E-state index in [1.54, 1.807) is 13.0 Å². The highest BCUT2D eigenvalue weighted by atomic mass is 19.1. The van der Waals surface area contributed by atoms with Crippen LogP contribution < -0.4 is 0 Å². The zero-order valence-corrected chi connectivity index (χ0v) is 11.4. The monoisotopic (exact) mass is 262 g/mol. The first kappa shape index (κ1) is 12.7. The van der Waals surface area contributed by atoms with Crippen molar-refractivity contribution in [1.29, 1.82) is 0 Å². The quantitative estimate of drug-likeness (QED) is 0.768. The molecule has 0 aromatic carbocycles. The molecule has 2 aliphatic rings. The topological polar surface area (TPSA) is 33.2 Å². The predicted octanol–water partition coefficient (Wildman–Crippen LogP) is 2.58. The molecule has 0 spiro atoms. The van der Waals surface area contributed by atoms with Crippen molar-refractivity contribution in [3.63, 3.8) is 0 Å². The van der Waals surface area contributed by atoms with E-state index < -0.39 is 5.82 Å². The lowest BCUT2D eigenvalue weighted by molar-refractivity contribution is 0.0757. The number of ketones is 1. The van der Waals surface area contributed by atoms with Gasteiger partial charge in [-0.2, -0.15) is 0 Å². The van der Waals surface area contributed by atoms with E-state index in [-0.39, 0.29) is 17.4 Å². The predicted molar refractivity (Wildman–Crippen MR) is 70.6 cm³/mol. The summed E-state index contributed by atoms with van der Waals surface area (Å²) in [5.41, 5.74) is 0.731. The van der Waals surface area contributed by atoms with Gasteiger partial charge in [-0.15, -0.1) is 0 Å². The van der Waals surface area contributed by atoms with Gasteiger partial charge in [-0.25, -0.2) is 9.37 Å². The molecule has 0 radical (unpaired) electrons. The number of rotatable bonds is 2. The second-order valence-electron chi connectivity index (χ2n) is 5.87. The van der Waals surface area contributed by atoms with Crippen LogP contribution in [0.15, 0.2) is 12.1 Å². The molecule has 0 saturated carbocycles. The lowest BCUT2D eigenvalue weighted by atomic mass is 9.86. The smallest absolute Gasteiger partial charge is 0.187 e. The molecule has 2 saturated heterocycles. The number of Topliss-reactive ketones (excluding diaryl/α,β-unsaturated/α-hetero) is 1. The Morgan fingerprint density at radius 2 is 1.95 bits per heavy atom. The van der Waals surface area contributed by atoms with Crippen molar-refractivity contribution in [3.8, 4) is 0 Å². The Hall–Kier alpha value is -1.29. The number of fused-ring (bicyclic) bond motifs is 2. The summed E-state index contributed by atoms with van der Waals surface area (Å²) in [5.74, 6) is -0.648. The summed E-state index contributed by atoms with van der Waals surface area (Å²) in [7, 11) is 2.13. The number of hydrogen-bond acceptors (Lipinski definition) is 3. The van der Waals surface area contributed by atoms with Crippen LogP contribution in [0.3, 0.4) is 0 Å². The molecule has 1 aromatic heterocycles. The number of hydrogen-bond donors (Lipinski definition) is 0. The Morgan fingerprint density at radius 1 is 1.32 bits per heavy atom. The Labute approximate surface area is 112 Å². The van der Waals surface area contributed by atoms with Crippen molar-refractivity contribution in [1.82, 2.24) is 9.88 Å². The maximum Gasteiger partial charge on any atom is 0.187 e. The normalized spacial score (nSPS) is 30.6. The Morgan fingerprint density at radius 3 is 2.58 bits per heavy atom. The number of halogens is 1. The lowest BCUT2D eigenvalue weighted by Crippen LogP contribution is -2.42. The zero-order chi connectivity index (χ0) is 13.6. The van der Waals surface area contributed by atoms with Crippen LogP contribution in [0.1, 0.15) is 41.9 Å². The summed E-state index contributed by atoms with van der Waals surface area (Å²) in [5, 5.41) is 0. The van der Waals surface area contributed by atoms with E-state index in [1.807, 2.05) is 0 Å². The van der Waals surface area contributed by atoms with Gasteiger partial charge in [0.05, 0.1) is 0 Å². The van der Waals surface area contributed by atoms with E-state index in [2.05, 4.69) is 16.9 Å². The minimum absolute atomic E-state index is 0.0361. The number of pyridine rings is 1. The molecule has 19 heavy (non-hydrogen) atoms. The molecule has 2 fully saturated rings. The van der Waals surface area contributed by atoms with Gasteiger partial charge in [0.1, 0.15) is 5.69 Å². The summed E-state index contributed by atoms with van der Waals surface area (Å²) in [4.78, 5) is 19.0. The molecule has 3 heterocycles. The largest absolute Gasteiger partial charge is 0.300 e. The Balaban J connectivity index is 1.83. The molecule has 2 bridgehead atoms. The second-order valence-corrected chi connectivity index (χ2v) is 5.87. The van der Waals surface area contributed by atoms with Gasteiger partial charge in [-0.05, 0) is 51.8 Å². The van der Waals surface area contributed by atoms with Gasteiger partial charge in [0.15, 0.2) is 11.6 Å². The molecular weight excluding hydrogens is 243 g/mol. The van der Waals surface area contributed by atoms with Crippen molar-refractivity contribution < 1.29 is 9.18 Å². The fraction of sp³-hybridized carbons (Fsp3) is 0.600. The Kier molecular flexibility index (Phi) is 3.13. The van der Waals surface area contributed by atoms with Crippen LogP contribution in [-0.4, -0.2) is 34.8 Å². The first-order chi connectivity index (χ1) is 9.06. The number of nitrogens with zero attached hydrogens (tertiary/aromatic N) is 2. The van der Waals surface area contributed by atoms with Crippen LogP contribution in [0.4, 0.5) is 4.39 Å². The highest BCUT2D eigenvalue weighted by Gasteiger charge is 2.41. The van der Waals surface area contributed by atoms with Crippen LogP contribution in [0.2, 0.25) is 0 Å². The molecule has 3 nitrogen and oxygen atoms in total. The average molecular weight is 262 g/mol. The molecule has 0 amide bonds. The highest BCUT2D eigenvalue weighted by Crippen LogP contribution is 2.38. The molecule has 1 aromatic rings. The van der Waals surface area contributed by atoms with Gasteiger partial charge >= 0.3 is 0 Å². The maximum atomic E-state index is 13.8. The van der Waals surface area contributed by atoms with Crippen LogP contribution in [-0.2, 0) is 0 Å². The van der Waals surface area contributed by atoms with Crippen LogP contribution in [0.25, 0.3) is 0 Å². The van der Waals surface area contributed by atoms with Crippen LogP contribution in [0.5, 0.6) is 0 Å². The minimum Gasteiger partial charge on any atom is -0.300 e. The van der Waals surface area contributed by atoms with Gasteiger partial charge in [0.25, 0.3) is 0 Å². The SMILES string of the molecule is Cc1ccc(F)c(C(=O)C2CC3CCC(C2)N3C)n1. The summed E-state index contributed by atoms with van der Waals surface area (Å²) >= 11 is 0. The van der Waals surface area contributed by atoms with Gasteiger partial charge < -0.3 is 4.90 Å². The van der Waals surface area contributed by atoms with Gasteiger partial charge in [0, 0.05) is 23.7 Å². The maximum absolute atomic E-state index is 13.8. The van der Waals surface area contributed by atoms with Crippen molar-refractivity contribution >= 4 is 5.78 Å². The molecule has 2 aliphatic heterocycles. The average Bonchev–Trinajstić information content (AvgIpc) is 2.64. The van der Waals surface area contributed by atoms with E-state index in [0.29, 0.717) is 17.8 Å². The first-order valence-electron chi connectivity index (χ1n) is 6.95. The molecule has 102 valence electrons. The van der Waals surface area contributed by atoms with E-state index in [4.69, 9.17) is 0 Å². The summed E-state index contributed by atoms with van der Waals surface area (Å²) in [6.07, 6.45) is 4.02. The van der Waals surface area contributed by atoms with Crippen molar-refractivity contribution in [2.75, 3.05) is 7.05 Å². The number of aryl methyl sites for hydroxylation is 1. The van der Waals surface area contributed by atoms with E-state index in [0.717, 1.165) is 25.7 Å². The molecule has 4 heteroatoms. The summed E-state index contributed by atoms with van der Waals surface area (Å²) in [6.45, 7) is 1.79. The number of aromatic nitrogens is 1. The van der Waals surface area contributed by atoms with Crippen molar-refractivity contribution in [3.05, 3.63) is 29.3 Å². The molecule has 0 aliphatic carbocycles. The minimum atomic E-state index is -0.484. The highest BCUT2D eigenvalue weighted by molar-refractivity contribution is 5.96. The standard InChI is InChI=1S/C15H19FN2O/c1-9-3-6-13(16)14(17-9)15(19)10-7-11-4-5-12(8-10)18(11)2/h3,6,10-12H,4-5,7-8H2,1-2H3. The molecule has 0 N–H and O–H groups in total. The van der Waals surface area contributed by atoms with E-state index in [1.165, 1.54) is 6.07 Å². The van der Waals surface area contributed by atoms with Crippen molar-refractivity contribution in [2.24, 2.45) is 5.92 Å². The Bertz CT molecular complexity index is 503. The molecular formula is C15H19FN2O. The number of carbonyl (C=O) groups is 1. The third-order valence-corrected chi connectivity index (χ3v) is 4.69. The molecule has 3 rings (SSSR count). The fourth-order valence-corrected chi connectivity index (χ4v) is 3.53. The van der Waals surface area contributed by atoms with Gasteiger partial charge in [-0.1, -0.05) is 0 Å². The van der Waals surface area contributed by atoms with Crippen molar-refractivity contribution in [2.45, 2.75) is 44.7 Å². The number of carbonyl (C=O) groups excluding carboxylic acids is 1.